The van der Waals surface area contributed by atoms with E-state index in [0.29, 0.717) is 11.6 Å². The first kappa shape index (κ1) is 21.0. The van der Waals surface area contributed by atoms with Crippen LogP contribution in [0.15, 0.2) is 24.3 Å². The maximum Gasteiger partial charge on any atom is 0.225 e. The van der Waals surface area contributed by atoms with E-state index < -0.39 is 5.66 Å². The molecule has 1 amide bonds. The number of carbonyl (C=O) groups excluding carboxylic acids is 1. The van der Waals surface area contributed by atoms with Crippen molar-refractivity contribution in [2.75, 3.05) is 17.7 Å². The summed E-state index contributed by atoms with van der Waals surface area (Å²) in [5, 5.41) is 18.4. The molecule has 5 rings (SSSR count). The number of aromatic nitrogens is 5. The minimum absolute atomic E-state index is 0.0500. The van der Waals surface area contributed by atoms with E-state index in [1.807, 2.05) is 52.1 Å². The summed E-state index contributed by atoms with van der Waals surface area (Å²) in [6.45, 7) is 5.80. The predicted molar refractivity (Wildman–Crippen MR) is 126 cm³/mol. The second-order valence-corrected chi connectivity index (χ2v) is 8.85. The van der Waals surface area contributed by atoms with Crippen molar-refractivity contribution in [3.8, 4) is 17.0 Å². The highest BCUT2D eigenvalue weighted by molar-refractivity contribution is 5.90. The van der Waals surface area contributed by atoms with E-state index in [4.69, 9.17) is 4.74 Å². The fourth-order valence-corrected chi connectivity index (χ4v) is 4.13. The van der Waals surface area contributed by atoms with Crippen molar-refractivity contribution in [1.29, 1.82) is 0 Å². The number of amides is 1. The first-order valence-electron chi connectivity index (χ1n) is 11.0. The summed E-state index contributed by atoms with van der Waals surface area (Å²) in [5.74, 6) is 2.25. The fourth-order valence-electron chi connectivity index (χ4n) is 4.13. The van der Waals surface area contributed by atoms with Gasteiger partial charge in [0.05, 0.1) is 24.2 Å². The number of aryl methyl sites for hydroxylation is 2. The summed E-state index contributed by atoms with van der Waals surface area (Å²) in [7, 11) is 3.50. The van der Waals surface area contributed by atoms with Crippen molar-refractivity contribution in [3.05, 3.63) is 41.5 Å². The number of rotatable bonds is 6. The number of nitrogens with zero attached hydrogens (tertiary/aromatic N) is 4. The zero-order chi connectivity index (χ0) is 23.3. The van der Waals surface area contributed by atoms with Crippen LogP contribution in [0.5, 0.6) is 5.75 Å². The standard InChI is InChI=1S/C23H28N8O2/c1-12-18(29-30-31(12)4)15-7-6-8-16(20(15)33-5)26-17-11-23(3,28-22(32)14-9-10-14)27-21-19(17)24-13(2)25-21/h6-8,11,14,26-27H,9-10H2,1-5H3,(H,24,25)(H,28,32). The average molecular weight is 449 g/mol. The van der Waals surface area contributed by atoms with Crippen LogP contribution in [0.1, 0.15) is 37.0 Å². The molecule has 10 heteroatoms. The quantitative estimate of drug-likeness (QED) is 0.457. The molecule has 2 aromatic heterocycles. The molecule has 1 aromatic carbocycles. The average Bonchev–Trinajstić information content (AvgIpc) is 3.48. The van der Waals surface area contributed by atoms with Gasteiger partial charge in [-0.05, 0) is 51.8 Å². The van der Waals surface area contributed by atoms with E-state index in [2.05, 4.69) is 36.2 Å². The number of ether oxygens (including phenoxy) is 1. The van der Waals surface area contributed by atoms with Gasteiger partial charge in [-0.1, -0.05) is 11.3 Å². The highest BCUT2D eigenvalue weighted by Gasteiger charge is 2.37. The van der Waals surface area contributed by atoms with Crippen LogP contribution < -0.4 is 20.7 Å². The van der Waals surface area contributed by atoms with Gasteiger partial charge in [-0.3, -0.25) is 9.48 Å². The molecule has 1 fully saturated rings. The van der Waals surface area contributed by atoms with E-state index >= 15 is 0 Å². The summed E-state index contributed by atoms with van der Waals surface area (Å²) in [6, 6.07) is 5.85. The Kier molecular flexibility index (Phi) is 4.88. The second-order valence-electron chi connectivity index (χ2n) is 8.85. The normalized spacial score (nSPS) is 19.4. The highest BCUT2D eigenvalue weighted by Crippen LogP contribution is 2.40. The first-order valence-corrected chi connectivity index (χ1v) is 11.0. The Labute approximate surface area is 191 Å². The third-order valence-electron chi connectivity index (χ3n) is 6.08. The SMILES string of the molecule is COc1c(NC2=CC(C)(NC(=O)C3CC3)Nc3nc(C)[nH]c32)cccc1-c1nnn(C)c1C. The Hall–Kier alpha value is -3.82. The lowest BCUT2D eigenvalue weighted by Gasteiger charge is -2.34. The molecule has 1 aliphatic carbocycles. The van der Waals surface area contributed by atoms with Crippen LogP contribution in [0.2, 0.25) is 0 Å². The van der Waals surface area contributed by atoms with E-state index in [0.717, 1.165) is 52.7 Å². The number of hydrogen-bond acceptors (Lipinski definition) is 7. The van der Waals surface area contributed by atoms with Crippen molar-refractivity contribution in [3.63, 3.8) is 0 Å². The summed E-state index contributed by atoms with van der Waals surface area (Å²) in [4.78, 5) is 20.4. The molecule has 33 heavy (non-hydrogen) atoms. The molecule has 0 spiro atoms. The fraction of sp³-hybridized carbons (Fsp3) is 0.391. The summed E-state index contributed by atoms with van der Waals surface area (Å²) >= 11 is 0. The third-order valence-corrected chi connectivity index (χ3v) is 6.08. The number of aromatic amines is 1. The van der Waals surface area contributed by atoms with Gasteiger partial charge in [-0.2, -0.15) is 0 Å². The van der Waals surface area contributed by atoms with E-state index in [9.17, 15) is 4.79 Å². The minimum Gasteiger partial charge on any atom is -0.494 e. The third kappa shape index (κ3) is 3.81. The van der Waals surface area contributed by atoms with Crippen LogP contribution in [-0.4, -0.2) is 43.6 Å². The van der Waals surface area contributed by atoms with Gasteiger partial charge < -0.3 is 25.7 Å². The Morgan fingerprint density at radius 3 is 2.76 bits per heavy atom. The molecule has 1 unspecified atom stereocenters. The lowest BCUT2D eigenvalue weighted by molar-refractivity contribution is -0.123. The summed E-state index contributed by atoms with van der Waals surface area (Å²) < 4.78 is 7.54. The molecule has 1 aliphatic heterocycles. The van der Waals surface area contributed by atoms with Gasteiger partial charge in [0, 0.05) is 18.5 Å². The van der Waals surface area contributed by atoms with Crippen molar-refractivity contribution in [1.82, 2.24) is 30.3 Å². The zero-order valence-electron chi connectivity index (χ0n) is 19.4. The molecule has 0 saturated heterocycles. The Balaban J connectivity index is 1.54. The molecule has 3 aromatic rings. The largest absolute Gasteiger partial charge is 0.494 e. The molecule has 172 valence electrons. The minimum atomic E-state index is -0.789. The Morgan fingerprint density at radius 2 is 2.09 bits per heavy atom. The number of nitrogens with one attached hydrogen (secondary N) is 4. The number of imidazole rings is 1. The summed E-state index contributed by atoms with van der Waals surface area (Å²) in [6.07, 6.45) is 3.84. The molecule has 4 N–H and O–H groups in total. The van der Waals surface area contributed by atoms with Gasteiger partial charge in [-0.25, -0.2) is 4.98 Å². The number of anilines is 2. The lowest BCUT2D eigenvalue weighted by atomic mass is 10.0. The monoisotopic (exact) mass is 448 g/mol. The number of carbonyl (C=O) groups is 1. The van der Waals surface area contributed by atoms with Crippen molar-refractivity contribution < 1.29 is 9.53 Å². The molecule has 2 aliphatic rings. The van der Waals surface area contributed by atoms with Crippen LogP contribution in [0.25, 0.3) is 17.0 Å². The number of benzene rings is 1. The highest BCUT2D eigenvalue weighted by atomic mass is 16.5. The molecular formula is C23H28N8O2. The van der Waals surface area contributed by atoms with Crippen LogP contribution >= 0.6 is 0 Å². The van der Waals surface area contributed by atoms with Gasteiger partial charge in [-0.15, -0.1) is 5.10 Å². The molecular weight excluding hydrogens is 420 g/mol. The maximum absolute atomic E-state index is 12.5. The van der Waals surface area contributed by atoms with Crippen molar-refractivity contribution in [2.45, 2.75) is 39.3 Å². The molecule has 10 nitrogen and oxygen atoms in total. The van der Waals surface area contributed by atoms with Crippen LogP contribution in [0.4, 0.5) is 11.5 Å². The van der Waals surface area contributed by atoms with E-state index in [-0.39, 0.29) is 11.8 Å². The number of para-hydroxylation sites is 1. The van der Waals surface area contributed by atoms with Crippen molar-refractivity contribution in [2.24, 2.45) is 13.0 Å². The van der Waals surface area contributed by atoms with E-state index in [1.54, 1.807) is 11.8 Å². The van der Waals surface area contributed by atoms with Crippen LogP contribution in [-0.2, 0) is 11.8 Å². The van der Waals surface area contributed by atoms with Crippen molar-refractivity contribution >= 4 is 23.1 Å². The van der Waals surface area contributed by atoms with E-state index in [1.165, 1.54) is 0 Å². The molecule has 1 atom stereocenters. The number of methoxy groups -OCH3 is 1. The summed E-state index contributed by atoms with van der Waals surface area (Å²) in [5.41, 5.74) is 4.12. The van der Waals surface area contributed by atoms with Gasteiger partial charge in [0.15, 0.2) is 11.6 Å². The first-order chi connectivity index (χ1) is 15.8. The topological polar surface area (TPSA) is 122 Å². The van der Waals surface area contributed by atoms with Crippen LogP contribution in [0.3, 0.4) is 0 Å². The van der Waals surface area contributed by atoms with Gasteiger partial charge in [0.1, 0.15) is 22.9 Å². The van der Waals surface area contributed by atoms with Gasteiger partial charge in [0.2, 0.25) is 5.91 Å². The second kappa shape index (κ2) is 7.65. The number of fused-ring (bicyclic) bond motifs is 1. The lowest BCUT2D eigenvalue weighted by Crippen LogP contribution is -2.52. The molecule has 1 saturated carbocycles. The van der Waals surface area contributed by atoms with Gasteiger partial charge in [0.25, 0.3) is 0 Å². The van der Waals surface area contributed by atoms with Gasteiger partial charge >= 0.3 is 0 Å². The number of hydrogen-bond donors (Lipinski definition) is 4. The number of H-pyrrole nitrogens is 1. The smallest absolute Gasteiger partial charge is 0.225 e. The predicted octanol–water partition coefficient (Wildman–Crippen LogP) is 2.95. The Bertz CT molecular complexity index is 1270. The maximum atomic E-state index is 12.5. The molecule has 3 heterocycles. The zero-order valence-corrected chi connectivity index (χ0v) is 19.4. The molecule has 0 bridgehead atoms. The molecule has 0 radical (unpaired) electrons. The van der Waals surface area contributed by atoms with Crippen LogP contribution in [0, 0.1) is 19.8 Å². The Morgan fingerprint density at radius 1 is 1.30 bits per heavy atom.